The van der Waals surface area contributed by atoms with Gasteiger partial charge in [0.05, 0.1) is 31.3 Å². The molecule has 1 aliphatic rings. The first-order valence-corrected chi connectivity index (χ1v) is 9.37. The molecule has 152 valence electrons. The number of nitrogens with two attached hydrogens (primary N) is 1. The molecule has 6 nitrogen and oxygen atoms in total. The molecule has 1 fully saturated rings. The van der Waals surface area contributed by atoms with Crippen molar-refractivity contribution in [2.24, 2.45) is 5.92 Å². The van der Waals surface area contributed by atoms with Crippen LogP contribution in [0, 0.1) is 11.7 Å². The maximum Gasteiger partial charge on any atom is 0.148 e. The predicted octanol–water partition coefficient (Wildman–Crippen LogP) is 4.03. The van der Waals surface area contributed by atoms with Crippen LogP contribution in [0.5, 0.6) is 11.5 Å². The minimum absolute atomic E-state index is 0.254. The fourth-order valence-electron chi connectivity index (χ4n) is 3.56. The summed E-state index contributed by atoms with van der Waals surface area (Å²) in [5, 5.41) is 3.08. The Kier molecular flexibility index (Phi) is 6.46. The molecule has 0 aromatic heterocycles. The maximum atomic E-state index is 14.3. The number of ether oxygens (including phenoxy) is 3. The van der Waals surface area contributed by atoms with Crippen LogP contribution >= 0.6 is 0 Å². The van der Waals surface area contributed by atoms with E-state index in [0.717, 1.165) is 38.2 Å². The van der Waals surface area contributed by atoms with Crippen LogP contribution in [0.4, 0.5) is 27.1 Å². The van der Waals surface area contributed by atoms with E-state index in [1.165, 1.54) is 13.2 Å². The van der Waals surface area contributed by atoms with Crippen LogP contribution in [0.1, 0.15) is 12.8 Å². The lowest BCUT2D eigenvalue weighted by Crippen LogP contribution is -2.34. The Morgan fingerprint density at radius 1 is 1.04 bits per heavy atom. The highest BCUT2D eigenvalue weighted by molar-refractivity contribution is 5.73. The summed E-state index contributed by atoms with van der Waals surface area (Å²) < 4.78 is 30.3. The van der Waals surface area contributed by atoms with Crippen molar-refractivity contribution in [3.05, 3.63) is 36.1 Å². The van der Waals surface area contributed by atoms with Crippen LogP contribution < -0.4 is 25.4 Å². The van der Waals surface area contributed by atoms with E-state index in [9.17, 15) is 4.39 Å². The van der Waals surface area contributed by atoms with Gasteiger partial charge in [-0.15, -0.1) is 0 Å². The van der Waals surface area contributed by atoms with Gasteiger partial charge in [-0.3, -0.25) is 0 Å². The Morgan fingerprint density at radius 2 is 1.75 bits per heavy atom. The molecular weight excluding hydrogens is 361 g/mol. The third kappa shape index (κ3) is 4.42. The molecule has 7 heteroatoms. The second-order valence-electron chi connectivity index (χ2n) is 6.97. The number of anilines is 4. The van der Waals surface area contributed by atoms with Crippen LogP contribution in [-0.4, -0.2) is 41.0 Å². The van der Waals surface area contributed by atoms with Gasteiger partial charge in [0.2, 0.25) is 0 Å². The Labute approximate surface area is 165 Å². The zero-order valence-electron chi connectivity index (χ0n) is 16.6. The predicted molar refractivity (Wildman–Crippen MR) is 110 cm³/mol. The highest BCUT2D eigenvalue weighted by atomic mass is 19.1. The second kappa shape index (κ2) is 9.01. The normalized spacial score (nSPS) is 14.8. The SMILES string of the molecule is COCC1CCN(c2ccc(Nc3cc(OC)c(N)cc3F)c(OC)c2)CC1. The molecule has 1 aliphatic heterocycles. The molecule has 0 atom stereocenters. The molecule has 0 spiro atoms. The number of benzene rings is 2. The van der Waals surface area contributed by atoms with E-state index in [-0.39, 0.29) is 11.4 Å². The van der Waals surface area contributed by atoms with E-state index in [2.05, 4.69) is 10.2 Å². The average Bonchev–Trinajstić information content (AvgIpc) is 2.71. The summed E-state index contributed by atoms with van der Waals surface area (Å²) in [5.74, 6) is 1.22. The molecule has 0 bridgehead atoms. The summed E-state index contributed by atoms with van der Waals surface area (Å²) in [6.45, 7) is 2.78. The first-order chi connectivity index (χ1) is 13.5. The molecule has 1 saturated heterocycles. The highest BCUT2D eigenvalue weighted by Gasteiger charge is 2.20. The lowest BCUT2D eigenvalue weighted by molar-refractivity contribution is 0.139. The molecule has 0 radical (unpaired) electrons. The van der Waals surface area contributed by atoms with Crippen molar-refractivity contribution in [3.8, 4) is 11.5 Å². The molecule has 1 heterocycles. The van der Waals surface area contributed by atoms with Crippen molar-refractivity contribution in [3.63, 3.8) is 0 Å². The zero-order valence-corrected chi connectivity index (χ0v) is 16.6. The van der Waals surface area contributed by atoms with Crippen LogP contribution in [0.15, 0.2) is 30.3 Å². The molecule has 0 aliphatic carbocycles. The molecule has 28 heavy (non-hydrogen) atoms. The summed E-state index contributed by atoms with van der Waals surface area (Å²) in [7, 11) is 4.86. The summed E-state index contributed by atoms with van der Waals surface area (Å²) >= 11 is 0. The number of hydrogen-bond donors (Lipinski definition) is 2. The molecule has 2 aromatic rings. The second-order valence-corrected chi connectivity index (χ2v) is 6.97. The van der Waals surface area contributed by atoms with Gasteiger partial charge in [-0.25, -0.2) is 4.39 Å². The minimum atomic E-state index is -0.454. The standard InChI is InChI=1S/C21H28FN3O3/c1-26-13-14-6-8-25(9-7-14)15-4-5-18(21(10-15)28-3)24-19-12-20(27-2)17(23)11-16(19)22/h4-5,10-12,14,24H,6-9,13,23H2,1-3H3. The molecule has 3 rings (SSSR count). The average molecular weight is 389 g/mol. The molecule has 3 N–H and O–H groups in total. The number of nitrogen functional groups attached to an aromatic ring is 1. The summed E-state index contributed by atoms with van der Waals surface area (Å²) in [4.78, 5) is 2.34. The number of halogens is 1. The lowest BCUT2D eigenvalue weighted by atomic mass is 9.97. The molecular formula is C21H28FN3O3. The number of methoxy groups -OCH3 is 3. The quantitative estimate of drug-likeness (QED) is 0.697. The van der Waals surface area contributed by atoms with Crippen molar-refractivity contribution < 1.29 is 18.6 Å². The van der Waals surface area contributed by atoms with Crippen molar-refractivity contribution in [1.29, 1.82) is 0 Å². The van der Waals surface area contributed by atoms with Gasteiger partial charge in [0.15, 0.2) is 0 Å². The van der Waals surface area contributed by atoms with Gasteiger partial charge >= 0.3 is 0 Å². The Bertz CT molecular complexity index is 808. The van der Waals surface area contributed by atoms with E-state index in [1.807, 2.05) is 18.2 Å². The molecule has 0 saturated carbocycles. The van der Waals surface area contributed by atoms with Crippen LogP contribution in [0.3, 0.4) is 0 Å². The fourth-order valence-corrected chi connectivity index (χ4v) is 3.56. The number of hydrogen-bond acceptors (Lipinski definition) is 6. The number of nitrogens with zero attached hydrogens (tertiary/aromatic N) is 1. The monoisotopic (exact) mass is 389 g/mol. The molecule has 0 amide bonds. The van der Waals surface area contributed by atoms with E-state index in [4.69, 9.17) is 19.9 Å². The van der Waals surface area contributed by atoms with E-state index < -0.39 is 5.82 Å². The van der Waals surface area contributed by atoms with Crippen molar-refractivity contribution >= 4 is 22.7 Å². The Balaban J connectivity index is 1.77. The highest BCUT2D eigenvalue weighted by Crippen LogP contribution is 2.36. The Morgan fingerprint density at radius 3 is 2.39 bits per heavy atom. The van der Waals surface area contributed by atoms with Gasteiger partial charge in [0.25, 0.3) is 0 Å². The van der Waals surface area contributed by atoms with E-state index in [1.54, 1.807) is 20.3 Å². The van der Waals surface area contributed by atoms with Crippen molar-refractivity contribution in [1.82, 2.24) is 0 Å². The maximum absolute atomic E-state index is 14.3. The first kappa shape index (κ1) is 20.1. The zero-order chi connectivity index (χ0) is 20.1. The van der Waals surface area contributed by atoms with Gasteiger partial charge in [0.1, 0.15) is 17.3 Å². The van der Waals surface area contributed by atoms with Crippen LogP contribution in [-0.2, 0) is 4.74 Å². The minimum Gasteiger partial charge on any atom is -0.495 e. The van der Waals surface area contributed by atoms with Gasteiger partial charge in [-0.05, 0) is 30.9 Å². The molecule has 0 unspecified atom stereocenters. The third-order valence-corrected chi connectivity index (χ3v) is 5.16. The van der Waals surface area contributed by atoms with E-state index >= 15 is 0 Å². The Hall–Kier alpha value is -2.67. The van der Waals surface area contributed by atoms with Crippen molar-refractivity contribution in [2.45, 2.75) is 12.8 Å². The number of piperidine rings is 1. The van der Waals surface area contributed by atoms with Gasteiger partial charge < -0.3 is 30.2 Å². The van der Waals surface area contributed by atoms with Gasteiger partial charge in [-0.1, -0.05) is 0 Å². The summed E-state index contributed by atoms with van der Waals surface area (Å²) in [6, 6.07) is 8.68. The largest absolute Gasteiger partial charge is 0.495 e. The molecule has 2 aromatic carbocycles. The van der Waals surface area contributed by atoms with Gasteiger partial charge in [-0.2, -0.15) is 0 Å². The summed E-state index contributed by atoms with van der Waals surface area (Å²) in [5.41, 5.74) is 8.04. The first-order valence-electron chi connectivity index (χ1n) is 9.37. The third-order valence-electron chi connectivity index (χ3n) is 5.16. The number of rotatable bonds is 7. The topological polar surface area (TPSA) is 69.0 Å². The van der Waals surface area contributed by atoms with Crippen LogP contribution in [0.25, 0.3) is 0 Å². The smallest absolute Gasteiger partial charge is 0.148 e. The van der Waals surface area contributed by atoms with Crippen LogP contribution in [0.2, 0.25) is 0 Å². The van der Waals surface area contributed by atoms with Crippen molar-refractivity contribution in [2.75, 3.05) is 57.0 Å². The fraction of sp³-hybridized carbons (Fsp3) is 0.429. The van der Waals surface area contributed by atoms with Gasteiger partial charge in [0, 0.05) is 50.7 Å². The van der Waals surface area contributed by atoms with E-state index in [0.29, 0.717) is 23.1 Å². The summed E-state index contributed by atoms with van der Waals surface area (Å²) in [6.07, 6.45) is 2.21. The lowest BCUT2D eigenvalue weighted by Gasteiger charge is -2.33. The number of nitrogens with one attached hydrogen (secondary N) is 1.